The molecular formula is C15H25BrN2O. The first kappa shape index (κ1) is 16.5. The lowest BCUT2D eigenvalue weighted by molar-refractivity contribution is 0.258. The van der Waals surface area contributed by atoms with Gasteiger partial charge in [-0.2, -0.15) is 0 Å². The van der Waals surface area contributed by atoms with E-state index in [1.54, 1.807) is 0 Å². The summed E-state index contributed by atoms with van der Waals surface area (Å²) >= 11 is 3.56. The molecule has 0 saturated heterocycles. The number of aryl methyl sites for hydroxylation is 1. The topological polar surface area (TPSA) is 24.5 Å². The molecule has 0 bridgehead atoms. The molecule has 0 unspecified atom stereocenters. The van der Waals surface area contributed by atoms with E-state index in [0.29, 0.717) is 0 Å². The number of benzene rings is 1. The number of likely N-dealkylation sites (N-methyl/N-ethyl adjacent to an activating group) is 1. The molecule has 1 aromatic carbocycles. The largest absolute Gasteiger partial charge is 0.492 e. The van der Waals surface area contributed by atoms with Gasteiger partial charge in [-0.25, -0.2) is 0 Å². The molecule has 0 heterocycles. The van der Waals surface area contributed by atoms with E-state index in [-0.39, 0.29) is 0 Å². The number of nitrogens with zero attached hydrogens (tertiary/aromatic N) is 1. The number of halogens is 1. The summed E-state index contributed by atoms with van der Waals surface area (Å²) in [5, 5.41) is 3.43. The van der Waals surface area contributed by atoms with Crippen LogP contribution in [0.4, 0.5) is 0 Å². The highest BCUT2D eigenvalue weighted by Gasteiger charge is 2.09. The van der Waals surface area contributed by atoms with Gasteiger partial charge in [0, 0.05) is 23.1 Å². The highest BCUT2D eigenvalue weighted by molar-refractivity contribution is 9.10. The predicted octanol–water partition coefficient (Wildman–Crippen LogP) is 3.20. The lowest BCUT2D eigenvalue weighted by atomic mass is 10.1. The van der Waals surface area contributed by atoms with Gasteiger partial charge in [-0.1, -0.05) is 22.9 Å². The lowest BCUT2D eigenvalue weighted by Gasteiger charge is -2.17. The molecule has 0 atom stereocenters. The fraction of sp³-hybridized carbons (Fsp3) is 0.600. The van der Waals surface area contributed by atoms with E-state index in [9.17, 15) is 0 Å². The van der Waals surface area contributed by atoms with Crippen molar-refractivity contribution >= 4 is 15.9 Å². The van der Waals surface area contributed by atoms with Gasteiger partial charge in [0.25, 0.3) is 0 Å². The van der Waals surface area contributed by atoms with Crippen LogP contribution in [-0.2, 0) is 6.54 Å². The normalized spacial score (nSPS) is 11.1. The molecule has 0 aliphatic carbocycles. The van der Waals surface area contributed by atoms with Crippen LogP contribution in [0.3, 0.4) is 0 Å². The van der Waals surface area contributed by atoms with Gasteiger partial charge in [0.2, 0.25) is 0 Å². The second-order valence-corrected chi connectivity index (χ2v) is 5.96. The van der Waals surface area contributed by atoms with Crippen LogP contribution >= 0.6 is 15.9 Å². The Bertz CT molecular complexity index is 394. The maximum Gasteiger partial charge on any atom is 0.126 e. The van der Waals surface area contributed by atoms with Gasteiger partial charge in [-0.3, -0.25) is 0 Å². The van der Waals surface area contributed by atoms with Crippen LogP contribution in [0.15, 0.2) is 16.6 Å². The number of nitrogens with one attached hydrogen (secondary N) is 1. The van der Waals surface area contributed by atoms with Crippen LogP contribution in [-0.4, -0.2) is 38.7 Å². The third-order valence-corrected chi connectivity index (χ3v) is 3.30. The quantitative estimate of drug-likeness (QED) is 0.741. The van der Waals surface area contributed by atoms with Crippen LogP contribution < -0.4 is 10.1 Å². The minimum atomic E-state index is 0.719. The molecular weight excluding hydrogens is 304 g/mol. The molecule has 0 radical (unpaired) electrons. The van der Waals surface area contributed by atoms with Crippen molar-refractivity contribution < 1.29 is 4.74 Å². The van der Waals surface area contributed by atoms with E-state index < -0.39 is 0 Å². The number of rotatable bonds is 8. The van der Waals surface area contributed by atoms with E-state index in [0.717, 1.165) is 42.9 Å². The SMILES string of the molecule is CCCNCc1cc(Br)cc(C)c1OCCN(C)C. The molecule has 0 spiro atoms. The van der Waals surface area contributed by atoms with Crippen molar-refractivity contribution in [1.82, 2.24) is 10.2 Å². The molecule has 4 heteroatoms. The Kier molecular flexibility index (Phi) is 7.42. The van der Waals surface area contributed by atoms with Crippen LogP contribution in [0.25, 0.3) is 0 Å². The van der Waals surface area contributed by atoms with Crippen molar-refractivity contribution in [3.63, 3.8) is 0 Å². The summed E-state index contributed by atoms with van der Waals surface area (Å²) in [5.41, 5.74) is 2.40. The highest BCUT2D eigenvalue weighted by Crippen LogP contribution is 2.28. The van der Waals surface area contributed by atoms with Crippen molar-refractivity contribution in [2.24, 2.45) is 0 Å². The Hall–Kier alpha value is -0.580. The van der Waals surface area contributed by atoms with Gasteiger partial charge in [-0.15, -0.1) is 0 Å². The Labute approximate surface area is 125 Å². The van der Waals surface area contributed by atoms with E-state index in [1.165, 1.54) is 11.1 Å². The van der Waals surface area contributed by atoms with Gasteiger partial charge in [-0.05, 0) is 51.7 Å². The van der Waals surface area contributed by atoms with Crippen molar-refractivity contribution in [3.8, 4) is 5.75 Å². The van der Waals surface area contributed by atoms with Crippen molar-refractivity contribution in [3.05, 3.63) is 27.7 Å². The first-order chi connectivity index (χ1) is 9.04. The maximum atomic E-state index is 5.96. The summed E-state index contributed by atoms with van der Waals surface area (Å²) in [6.07, 6.45) is 1.14. The van der Waals surface area contributed by atoms with E-state index in [1.807, 2.05) is 0 Å². The van der Waals surface area contributed by atoms with E-state index in [2.05, 4.69) is 66.2 Å². The molecule has 0 amide bonds. The molecule has 1 N–H and O–H groups in total. The Morgan fingerprint density at radius 3 is 2.68 bits per heavy atom. The minimum absolute atomic E-state index is 0.719. The zero-order valence-corrected chi connectivity index (χ0v) is 14.0. The highest BCUT2D eigenvalue weighted by atomic mass is 79.9. The maximum absolute atomic E-state index is 5.96. The molecule has 0 aliphatic heterocycles. The van der Waals surface area contributed by atoms with E-state index >= 15 is 0 Å². The molecule has 1 aromatic rings. The molecule has 0 aromatic heterocycles. The van der Waals surface area contributed by atoms with Gasteiger partial charge < -0.3 is 15.0 Å². The Morgan fingerprint density at radius 1 is 1.32 bits per heavy atom. The third-order valence-electron chi connectivity index (χ3n) is 2.84. The summed E-state index contributed by atoms with van der Waals surface area (Å²) in [4.78, 5) is 2.13. The first-order valence-electron chi connectivity index (χ1n) is 6.81. The monoisotopic (exact) mass is 328 g/mol. The zero-order valence-electron chi connectivity index (χ0n) is 12.4. The average Bonchev–Trinajstić information content (AvgIpc) is 2.32. The summed E-state index contributed by atoms with van der Waals surface area (Å²) in [5.74, 6) is 1.02. The van der Waals surface area contributed by atoms with Gasteiger partial charge in [0.1, 0.15) is 12.4 Å². The Morgan fingerprint density at radius 2 is 2.05 bits per heavy atom. The van der Waals surface area contributed by atoms with Crippen LogP contribution in [0.5, 0.6) is 5.75 Å². The molecule has 3 nitrogen and oxygen atoms in total. The van der Waals surface area contributed by atoms with Gasteiger partial charge in [0.15, 0.2) is 0 Å². The van der Waals surface area contributed by atoms with Crippen LogP contribution in [0.1, 0.15) is 24.5 Å². The van der Waals surface area contributed by atoms with Gasteiger partial charge >= 0.3 is 0 Å². The Balaban J connectivity index is 2.74. The summed E-state index contributed by atoms with van der Waals surface area (Å²) < 4.78 is 7.07. The smallest absolute Gasteiger partial charge is 0.126 e. The number of hydrogen-bond donors (Lipinski definition) is 1. The number of hydrogen-bond acceptors (Lipinski definition) is 3. The van der Waals surface area contributed by atoms with Gasteiger partial charge in [0.05, 0.1) is 0 Å². The fourth-order valence-electron chi connectivity index (χ4n) is 1.87. The summed E-state index contributed by atoms with van der Waals surface area (Å²) in [6.45, 7) is 7.80. The van der Waals surface area contributed by atoms with Crippen molar-refractivity contribution in [2.45, 2.75) is 26.8 Å². The fourth-order valence-corrected chi connectivity index (χ4v) is 2.49. The first-order valence-corrected chi connectivity index (χ1v) is 7.61. The lowest BCUT2D eigenvalue weighted by Crippen LogP contribution is -2.21. The second-order valence-electron chi connectivity index (χ2n) is 5.04. The third kappa shape index (κ3) is 5.93. The molecule has 0 aliphatic rings. The molecule has 1 rings (SSSR count). The zero-order chi connectivity index (χ0) is 14.3. The molecule has 108 valence electrons. The molecule has 19 heavy (non-hydrogen) atoms. The summed E-state index contributed by atoms with van der Waals surface area (Å²) in [7, 11) is 4.11. The second kappa shape index (κ2) is 8.56. The number of ether oxygens (including phenoxy) is 1. The van der Waals surface area contributed by atoms with Crippen LogP contribution in [0, 0.1) is 6.92 Å². The predicted molar refractivity (Wildman–Crippen MR) is 84.9 cm³/mol. The standard InChI is InChI=1S/C15H25BrN2O/c1-5-6-17-11-13-10-14(16)9-12(2)15(13)19-8-7-18(3)4/h9-10,17H,5-8,11H2,1-4H3. The van der Waals surface area contributed by atoms with Crippen LogP contribution in [0.2, 0.25) is 0 Å². The minimum Gasteiger partial charge on any atom is -0.492 e. The molecule has 0 saturated carbocycles. The van der Waals surface area contributed by atoms with E-state index in [4.69, 9.17) is 4.74 Å². The summed E-state index contributed by atoms with van der Waals surface area (Å²) in [6, 6.07) is 4.25. The van der Waals surface area contributed by atoms with Crippen molar-refractivity contribution in [2.75, 3.05) is 33.8 Å². The average molecular weight is 329 g/mol. The molecule has 0 fully saturated rings. The van der Waals surface area contributed by atoms with Crippen molar-refractivity contribution in [1.29, 1.82) is 0 Å².